The molecule has 22 heavy (non-hydrogen) atoms. The van der Waals surface area contributed by atoms with Crippen molar-refractivity contribution >= 4 is 17.5 Å². The van der Waals surface area contributed by atoms with Crippen LogP contribution < -0.4 is 14.8 Å². The van der Waals surface area contributed by atoms with Crippen LogP contribution in [0.4, 0.5) is 11.6 Å². The van der Waals surface area contributed by atoms with Crippen LogP contribution in [-0.2, 0) is 0 Å². The number of nitro groups is 1. The second-order valence-electron chi connectivity index (χ2n) is 4.37. The summed E-state index contributed by atoms with van der Waals surface area (Å²) in [6.45, 7) is 1.78. The predicted octanol–water partition coefficient (Wildman–Crippen LogP) is 2.77. The standard InChI is InChI=1S/C14H14N2O6/c1-8-6-11(20-2)12(21-3)7-9(8)15-14(17)10-4-5-13(22-10)16(18)19/h4-7H,1-3H3,(H,15,17). The highest BCUT2D eigenvalue weighted by Gasteiger charge is 2.18. The van der Waals surface area contributed by atoms with Crippen LogP contribution in [0, 0.1) is 17.0 Å². The van der Waals surface area contributed by atoms with Gasteiger partial charge < -0.3 is 19.2 Å². The maximum absolute atomic E-state index is 12.1. The molecule has 0 radical (unpaired) electrons. The quantitative estimate of drug-likeness (QED) is 0.673. The van der Waals surface area contributed by atoms with E-state index in [1.54, 1.807) is 19.1 Å². The Morgan fingerprint density at radius 2 is 1.86 bits per heavy atom. The van der Waals surface area contributed by atoms with E-state index in [1.165, 1.54) is 20.3 Å². The number of rotatable bonds is 5. The van der Waals surface area contributed by atoms with Crippen LogP contribution in [0.25, 0.3) is 0 Å². The van der Waals surface area contributed by atoms with Gasteiger partial charge in [0.15, 0.2) is 17.3 Å². The summed E-state index contributed by atoms with van der Waals surface area (Å²) in [5.74, 6) is -0.251. The summed E-state index contributed by atoms with van der Waals surface area (Å²) in [7, 11) is 2.99. The number of furan rings is 1. The molecular weight excluding hydrogens is 292 g/mol. The third kappa shape index (κ3) is 3.00. The van der Waals surface area contributed by atoms with Gasteiger partial charge in [0.25, 0.3) is 5.91 Å². The number of methoxy groups -OCH3 is 2. The Hall–Kier alpha value is -3.03. The van der Waals surface area contributed by atoms with Crippen molar-refractivity contribution in [2.24, 2.45) is 0 Å². The lowest BCUT2D eigenvalue weighted by Gasteiger charge is -2.13. The highest BCUT2D eigenvalue weighted by Crippen LogP contribution is 2.33. The van der Waals surface area contributed by atoms with Gasteiger partial charge in [-0.25, -0.2) is 0 Å². The van der Waals surface area contributed by atoms with Crippen molar-refractivity contribution in [1.82, 2.24) is 0 Å². The van der Waals surface area contributed by atoms with E-state index in [0.717, 1.165) is 11.6 Å². The van der Waals surface area contributed by atoms with E-state index in [0.29, 0.717) is 17.2 Å². The molecule has 0 unspecified atom stereocenters. The molecule has 0 fully saturated rings. The van der Waals surface area contributed by atoms with E-state index in [4.69, 9.17) is 13.9 Å². The van der Waals surface area contributed by atoms with Gasteiger partial charge in [0, 0.05) is 11.8 Å². The predicted molar refractivity (Wildman–Crippen MR) is 77.6 cm³/mol. The third-order valence-electron chi connectivity index (χ3n) is 2.97. The monoisotopic (exact) mass is 306 g/mol. The van der Waals surface area contributed by atoms with Crippen LogP contribution in [0.2, 0.25) is 0 Å². The maximum atomic E-state index is 12.1. The van der Waals surface area contributed by atoms with Gasteiger partial charge in [-0.05, 0) is 24.6 Å². The van der Waals surface area contributed by atoms with Crippen LogP contribution >= 0.6 is 0 Å². The topological polar surface area (TPSA) is 104 Å². The fourth-order valence-corrected chi connectivity index (χ4v) is 1.85. The van der Waals surface area contributed by atoms with E-state index < -0.39 is 16.7 Å². The normalized spacial score (nSPS) is 10.1. The smallest absolute Gasteiger partial charge is 0.433 e. The fourth-order valence-electron chi connectivity index (χ4n) is 1.85. The average Bonchev–Trinajstić information content (AvgIpc) is 2.99. The maximum Gasteiger partial charge on any atom is 0.433 e. The van der Waals surface area contributed by atoms with E-state index >= 15 is 0 Å². The first kappa shape index (κ1) is 15.4. The van der Waals surface area contributed by atoms with Gasteiger partial charge in [0.1, 0.15) is 4.92 Å². The number of amides is 1. The number of hydrogen-bond acceptors (Lipinski definition) is 6. The molecule has 0 aliphatic rings. The Balaban J connectivity index is 2.25. The molecule has 1 heterocycles. The molecule has 1 N–H and O–H groups in total. The lowest BCUT2D eigenvalue weighted by atomic mass is 10.1. The van der Waals surface area contributed by atoms with Crippen LogP contribution in [0.3, 0.4) is 0 Å². The Labute approximate surface area is 125 Å². The van der Waals surface area contributed by atoms with Crippen molar-refractivity contribution in [3.8, 4) is 11.5 Å². The minimum absolute atomic E-state index is 0.152. The first-order valence-corrected chi connectivity index (χ1v) is 6.24. The van der Waals surface area contributed by atoms with Gasteiger partial charge >= 0.3 is 5.88 Å². The second kappa shape index (κ2) is 6.17. The molecule has 0 bridgehead atoms. The largest absolute Gasteiger partial charge is 0.493 e. The number of aryl methyl sites for hydroxylation is 1. The fraction of sp³-hybridized carbons (Fsp3) is 0.214. The zero-order valence-corrected chi connectivity index (χ0v) is 12.2. The van der Waals surface area contributed by atoms with Crippen LogP contribution in [-0.4, -0.2) is 25.1 Å². The molecule has 0 atom stereocenters. The Bertz CT molecular complexity index is 722. The molecular formula is C14H14N2O6. The SMILES string of the molecule is COc1cc(C)c(NC(=O)c2ccc([N+](=O)[O-])o2)cc1OC. The zero-order chi connectivity index (χ0) is 16.3. The molecule has 0 aliphatic heterocycles. The third-order valence-corrected chi connectivity index (χ3v) is 2.97. The summed E-state index contributed by atoms with van der Waals surface area (Å²) in [6.07, 6.45) is 0. The molecule has 2 rings (SSSR count). The first-order chi connectivity index (χ1) is 10.5. The lowest BCUT2D eigenvalue weighted by molar-refractivity contribution is -0.402. The first-order valence-electron chi connectivity index (χ1n) is 6.24. The number of ether oxygens (including phenoxy) is 2. The van der Waals surface area contributed by atoms with Gasteiger partial charge in [-0.2, -0.15) is 0 Å². The van der Waals surface area contributed by atoms with Gasteiger partial charge in [0.2, 0.25) is 0 Å². The van der Waals surface area contributed by atoms with Crippen LogP contribution in [0.1, 0.15) is 16.1 Å². The van der Waals surface area contributed by atoms with Gasteiger partial charge in [0.05, 0.1) is 20.3 Å². The Morgan fingerprint density at radius 3 is 2.41 bits per heavy atom. The highest BCUT2D eigenvalue weighted by atomic mass is 16.6. The molecule has 1 aromatic heterocycles. The molecule has 1 aromatic carbocycles. The van der Waals surface area contributed by atoms with Crippen molar-refractivity contribution in [3.05, 3.63) is 45.7 Å². The minimum atomic E-state index is -0.710. The summed E-state index contributed by atoms with van der Waals surface area (Å²) in [4.78, 5) is 21.9. The zero-order valence-electron chi connectivity index (χ0n) is 12.2. The van der Waals surface area contributed by atoms with E-state index in [2.05, 4.69) is 5.32 Å². The molecule has 0 aliphatic carbocycles. The number of anilines is 1. The van der Waals surface area contributed by atoms with E-state index in [9.17, 15) is 14.9 Å². The number of carbonyl (C=O) groups excluding carboxylic acids is 1. The van der Waals surface area contributed by atoms with Crippen molar-refractivity contribution < 1.29 is 23.6 Å². The molecule has 0 saturated heterocycles. The van der Waals surface area contributed by atoms with Crippen molar-refractivity contribution in [3.63, 3.8) is 0 Å². The Kier molecular flexibility index (Phi) is 4.31. The average molecular weight is 306 g/mol. The summed E-state index contributed by atoms with van der Waals surface area (Å²) >= 11 is 0. The van der Waals surface area contributed by atoms with Crippen molar-refractivity contribution in [2.75, 3.05) is 19.5 Å². The number of nitrogens with zero attached hydrogens (tertiary/aromatic N) is 1. The second-order valence-corrected chi connectivity index (χ2v) is 4.37. The summed E-state index contributed by atoms with van der Waals surface area (Å²) < 4.78 is 15.2. The molecule has 0 saturated carbocycles. The van der Waals surface area contributed by atoms with Crippen molar-refractivity contribution in [1.29, 1.82) is 0 Å². The molecule has 2 aromatic rings. The molecule has 1 amide bonds. The highest BCUT2D eigenvalue weighted by molar-refractivity contribution is 6.03. The van der Waals surface area contributed by atoms with Crippen molar-refractivity contribution in [2.45, 2.75) is 6.92 Å². The van der Waals surface area contributed by atoms with Gasteiger partial charge in [-0.15, -0.1) is 0 Å². The molecule has 116 valence electrons. The minimum Gasteiger partial charge on any atom is -0.493 e. The molecule has 8 nitrogen and oxygen atoms in total. The summed E-state index contributed by atoms with van der Waals surface area (Å²) in [6, 6.07) is 5.67. The van der Waals surface area contributed by atoms with Crippen LogP contribution in [0.15, 0.2) is 28.7 Å². The lowest BCUT2D eigenvalue weighted by Crippen LogP contribution is -2.12. The number of benzene rings is 1. The number of nitrogens with one attached hydrogen (secondary N) is 1. The summed E-state index contributed by atoms with van der Waals surface area (Å²) in [5.41, 5.74) is 1.23. The number of carbonyl (C=O) groups is 1. The molecule has 0 spiro atoms. The summed E-state index contributed by atoms with van der Waals surface area (Å²) in [5, 5.41) is 13.2. The van der Waals surface area contributed by atoms with E-state index in [1.807, 2.05) is 0 Å². The van der Waals surface area contributed by atoms with Crippen LogP contribution in [0.5, 0.6) is 11.5 Å². The Morgan fingerprint density at radius 1 is 1.23 bits per heavy atom. The number of hydrogen-bond donors (Lipinski definition) is 1. The molecule has 8 heteroatoms. The van der Waals surface area contributed by atoms with Gasteiger partial charge in [-0.3, -0.25) is 14.9 Å². The van der Waals surface area contributed by atoms with Gasteiger partial charge in [-0.1, -0.05) is 0 Å². The van der Waals surface area contributed by atoms with E-state index in [-0.39, 0.29) is 5.76 Å².